The zero-order chi connectivity index (χ0) is 21.8. The summed E-state index contributed by atoms with van der Waals surface area (Å²) in [6.45, 7) is 0. The summed E-state index contributed by atoms with van der Waals surface area (Å²) in [5.41, 5.74) is 2.10. The summed E-state index contributed by atoms with van der Waals surface area (Å²) in [7, 11) is 3.13. The Kier molecular flexibility index (Phi) is 5.53. The molecule has 4 rings (SSSR count). The second-order valence-corrected chi connectivity index (χ2v) is 6.67. The molecule has 0 aliphatic heterocycles. The summed E-state index contributed by atoms with van der Waals surface area (Å²) in [5, 5.41) is 19.0. The molecular weight excluding hydrogens is 396 g/mol. The van der Waals surface area contributed by atoms with Gasteiger partial charge in [0.05, 0.1) is 24.7 Å². The molecule has 0 aliphatic rings. The fraction of sp³-hybridized carbons (Fsp3) is 0.0870. The number of fused-ring (bicyclic) bond motifs is 1. The van der Waals surface area contributed by atoms with Gasteiger partial charge in [0.1, 0.15) is 17.2 Å². The maximum Gasteiger partial charge on any atom is 0.335 e. The summed E-state index contributed by atoms with van der Waals surface area (Å²) in [5.74, 6) is 1.41. The first-order valence-corrected chi connectivity index (χ1v) is 9.48. The lowest BCUT2D eigenvalue weighted by Crippen LogP contribution is -2.05. The molecule has 0 radical (unpaired) electrons. The molecule has 0 bridgehead atoms. The SMILES string of the molecule is COc1ccc(Nc2c([N+](=O)[O-])c(Nc3ccccc3)nc3ccc(OC)cc23)cc1. The Morgan fingerprint density at radius 3 is 2.13 bits per heavy atom. The van der Waals surface area contributed by atoms with Gasteiger partial charge in [0.2, 0.25) is 5.82 Å². The van der Waals surface area contributed by atoms with Crippen molar-refractivity contribution in [1.29, 1.82) is 0 Å². The predicted molar refractivity (Wildman–Crippen MR) is 121 cm³/mol. The number of hydrogen-bond acceptors (Lipinski definition) is 7. The van der Waals surface area contributed by atoms with Crippen LogP contribution in [-0.2, 0) is 0 Å². The molecule has 1 aromatic heterocycles. The monoisotopic (exact) mass is 416 g/mol. The third kappa shape index (κ3) is 4.18. The summed E-state index contributed by atoms with van der Waals surface area (Å²) < 4.78 is 10.5. The van der Waals surface area contributed by atoms with Crippen LogP contribution in [0.3, 0.4) is 0 Å². The highest BCUT2D eigenvalue weighted by molar-refractivity contribution is 6.02. The molecule has 0 fully saturated rings. The van der Waals surface area contributed by atoms with E-state index in [0.717, 1.165) is 0 Å². The highest BCUT2D eigenvalue weighted by Crippen LogP contribution is 2.41. The van der Waals surface area contributed by atoms with Gasteiger partial charge in [0, 0.05) is 16.8 Å². The molecule has 0 unspecified atom stereocenters. The summed E-state index contributed by atoms with van der Waals surface area (Å²) in [4.78, 5) is 16.2. The Balaban J connectivity index is 1.91. The van der Waals surface area contributed by atoms with E-state index < -0.39 is 4.92 Å². The molecule has 0 atom stereocenters. The maximum atomic E-state index is 12.2. The van der Waals surface area contributed by atoms with Crippen LogP contribution in [0.25, 0.3) is 10.9 Å². The molecule has 0 spiro atoms. The highest BCUT2D eigenvalue weighted by Gasteiger charge is 2.26. The lowest BCUT2D eigenvalue weighted by atomic mass is 10.1. The van der Waals surface area contributed by atoms with Gasteiger partial charge in [0.15, 0.2) is 0 Å². The van der Waals surface area contributed by atoms with E-state index in [1.165, 1.54) is 0 Å². The number of nitrogens with one attached hydrogen (secondary N) is 2. The minimum atomic E-state index is -0.441. The predicted octanol–water partition coefficient (Wildman–Crippen LogP) is 5.65. The summed E-state index contributed by atoms with van der Waals surface area (Å²) >= 11 is 0. The van der Waals surface area contributed by atoms with Crippen LogP contribution in [0.4, 0.5) is 28.6 Å². The van der Waals surface area contributed by atoms with Crippen molar-refractivity contribution in [3.8, 4) is 11.5 Å². The number of pyridine rings is 1. The Morgan fingerprint density at radius 2 is 1.48 bits per heavy atom. The largest absolute Gasteiger partial charge is 0.497 e. The van der Waals surface area contributed by atoms with Crippen LogP contribution in [0.15, 0.2) is 72.8 Å². The fourth-order valence-corrected chi connectivity index (χ4v) is 3.23. The molecule has 156 valence electrons. The van der Waals surface area contributed by atoms with Crippen LogP contribution >= 0.6 is 0 Å². The molecule has 8 nitrogen and oxygen atoms in total. The number of benzene rings is 3. The van der Waals surface area contributed by atoms with Gasteiger partial charge in [-0.1, -0.05) is 18.2 Å². The minimum absolute atomic E-state index is 0.143. The van der Waals surface area contributed by atoms with Crippen LogP contribution in [0.2, 0.25) is 0 Å². The van der Waals surface area contributed by atoms with Crippen molar-refractivity contribution in [2.75, 3.05) is 24.9 Å². The molecule has 0 amide bonds. The highest BCUT2D eigenvalue weighted by atomic mass is 16.6. The van der Waals surface area contributed by atoms with Gasteiger partial charge in [-0.15, -0.1) is 0 Å². The molecule has 8 heteroatoms. The van der Waals surface area contributed by atoms with E-state index >= 15 is 0 Å². The standard InChI is InChI=1S/C23H20N4O4/c1-30-17-10-8-16(9-11-17)24-21-19-14-18(31-2)12-13-20(19)26-23(22(21)27(28)29)25-15-6-4-3-5-7-15/h3-14H,1-2H3,(H2,24,25,26). The Bertz CT molecular complexity index is 1230. The smallest absolute Gasteiger partial charge is 0.335 e. The first-order chi connectivity index (χ1) is 15.1. The van der Waals surface area contributed by atoms with E-state index in [9.17, 15) is 10.1 Å². The lowest BCUT2D eigenvalue weighted by Gasteiger charge is -2.15. The number of nitro groups is 1. The molecule has 3 aromatic carbocycles. The molecule has 4 aromatic rings. The molecule has 31 heavy (non-hydrogen) atoms. The van der Waals surface area contributed by atoms with Crippen molar-refractivity contribution < 1.29 is 14.4 Å². The van der Waals surface area contributed by atoms with Gasteiger partial charge in [-0.2, -0.15) is 0 Å². The molecule has 0 saturated carbocycles. The lowest BCUT2D eigenvalue weighted by molar-refractivity contribution is -0.383. The van der Waals surface area contributed by atoms with Gasteiger partial charge in [-0.3, -0.25) is 10.1 Å². The van der Waals surface area contributed by atoms with E-state index in [2.05, 4.69) is 15.6 Å². The summed E-state index contributed by atoms with van der Waals surface area (Å²) in [6.07, 6.45) is 0. The molecule has 0 saturated heterocycles. The van der Waals surface area contributed by atoms with Crippen LogP contribution in [0.1, 0.15) is 0 Å². The van der Waals surface area contributed by atoms with Crippen molar-refractivity contribution in [3.05, 3.63) is 82.9 Å². The van der Waals surface area contributed by atoms with Gasteiger partial charge in [-0.25, -0.2) is 4.98 Å². The number of anilines is 4. The Hall–Kier alpha value is -4.33. The van der Waals surface area contributed by atoms with E-state index in [1.807, 2.05) is 30.3 Å². The van der Waals surface area contributed by atoms with E-state index in [-0.39, 0.29) is 11.5 Å². The summed E-state index contributed by atoms with van der Waals surface area (Å²) in [6, 6.07) is 21.6. The third-order valence-corrected chi connectivity index (χ3v) is 4.74. The van der Waals surface area contributed by atoms with Gasteiger partial charge in [0.25, 0.3) is 0 Å². The van der Waals surface area contributed by atoms with E-state index in [1.54, 1.807) is 56.7 Å². The minimum Gasteiger partial charge on any atom is -0.497 e. The number of hydrogen-bond donors (Lipinski definition) is 2. The van der Waals surface area contributed by atoms with E-state index in [0.29, 0.717) is 39.5 Å². The fourth-order valence-electron chi connectivity index (χ4n) is 3.23. The Morgan fingerprint density at radius 1 is 0.839 bits per heavy atom. The second-order valence-electron chi connectivity index (χ2n) is 6.67. The average molecular weight is 416 g/mol. The first kappa shape index (κ1) is 20.0. The van der Waals surface area contributed by atoms with E-state index in [4.69, 9.17) is 9.47 Å². The van der Waals surface area contributed by atoms with Gasteiger partial charge in [-0.05, 0) is 54.6 Å². The van der Waals surface area contributed by atoms with Gasteiger partial charge < -0.3 is 20.1 Å². The van der Waals surface area contributed by atoms with Crippen molar-refractivity contribution in [3.63, 3.8) is 0 Å². The zero-order valence-electron chi connectivity index (χ0n) is 17.0. The molecule has 0 aliphatic carbocycles. The molecule has 1 heterocycles. The second kappa shape index (κ2) is 8.58. The van der Waals surface area contributed by atoms with Crippen LogP contribution in [-0.4, -0.2) is 24.1 Å². The van der Waals surface area contributed by atoms with Crippen LogP contribution in [0, 0.1) is 10.1 Å². The first-order valence-electron chi connectivity index (χ1n) is 9.48. The number of nitrogens with zero attached hydrogens (tertiary/aromatic N) is 2. The zero-order valence-corrected chi connectivity index (χ0v) is 17.0. The topological polar surface area (TPSA) is 98.5 Å². The maximum absolute atomic E-state index is 12.2. The molecular formula is C23H20N4O4. The van der Waals surface area contributed by atoms with Crippen LogP contribution < -0.4 is 20.1 Å². The number of aromatic nitrogens is 1. The number of methoxy groups -OCH3 is 2. The van der Waals surface area contributed by atoms with Crippen LogP contribution in [0.5, 0.6) is 11.5 Å². The Labute approximate surface area is 178 Å². The average Bonchev–Trinajstić information content (AvgIpc) is 2.79. The number of para-hydroxylation sites is 1. The van der Waals surface area contributed by atoms with Gasteiger partial charge >= 0.3 is 5.69 Å². The normalized spacial score (nSPS) is 10.5. The molecule has 2 N–H and O–H groups in total. The van der Waals surface area contributed by atoms with Crippen molar-refractivity contribution >= 4 is 39.5 Å². The number of rotatable bonds is 7. The third-order valence-electron chi connectivity index (χ3n) is 4.74. The van der Waals surface area contributed by atoms with Crippen molar-refractivity contribution in [1.82, 2.24) is 4.98 Å². The van der Waals surface area contributed by atoms with Crippen molar-refractivity contribution in [2.24, 2.45) is 0 Å². The quantitative estimate of drug-likeness (QED) is 0.297. The number of ether oxygens (including phenoxy) is 2. The van der Waals surface area contributed by atoms with Crippen molar-refractivity contribution in [2.45, 2.75) is 0 Å².